The molecule has 1 aromatic rings. The highest BCUT2D eigenvalue weighted by Gasteiger charge is 2.14. The highest BCUT2D eigenvalue weighted by molar-refractivity contribution is 6.37. The predicted molar refractivity (Wildman–Crippen MR) is 61.7 cm³/mol. The molecule has 0 spiro atoms. The van der Waals surface area contributed by atoms with E-state index in [1.807, 2.05) is 0 Å². The van der Waals surface area contributed by atoms with Gasteiger partial charge in [-0.25, -0.2) is 4.79 Å². The largest absolute Gasteiger partial charge is 0.459 e. The smallest absolute Gasteiger partial charge is 0.397 e. The number of anilines is 1. The molecule has 0 aromatic heterocycles. The molecule has 0 unspecified atom stereocenters. The van der Waals surface area contributed by atoms with Crippen molar-refractivity contribution < 1.29 is 19.1 Å². The molecule has 0 aliphatic heterocycles. The number of esters is 1. The minimum atomic E-state index is -0.944. The molecule has 90 valence electrons. The van der Waals surface area contributed by atoms with Gasteiger partial charge in [-0.05, 0) is 26.0 Å². The van der Waals surface area contributed by atoms with E-state index in [-0.39, 0.29) is 12.4 Å². The molecular formula is C12H13NO4. The maximum Gasteiger partial charge on any atom is 0.397 e. The second kappa shape index (κ2) is 5.79. The summed E-state index contributed by atoms with van der Waals surface area (Å²) in [6.07, 6.45) is 0. The predicted octanol–water partition coefficient (Wildman–Crippen LogP) is 1.39. The van der Waals surface area contributed by atoms with Crippen molar-refractivity contribution in [3.63, 3.8) is 0 Å². The fraction of sp³-hybridized carbons (Fsp3) is 0.250. The first kappa shape index (κ1) is 12.9. The van der Waals surface area contributed by atoms with Crippen molar-refractivity contribution in [2.75, 3.05) is 11.9 Å². The summed E-state index contributed by atoms with van der Waals surface area (Å²) >= 11 is 0. The summed E-state index contributed by atoms with van der Waals surface area (Å²) in [4.78, 5) is 33.5. The Morgan fingerprint density at radius 2 is 2.00 bits per heavy atom. The zero-order chi connectivity index (χ0) is 12.8. The Labute approximate surface area is 98.8 Å². The lowest BCUT2D eigenvalue weighted by Gasteiger charge is -2.05. The Balaban J connectivity index is 2.75. The summed E-state index contributed by atoms with van der Waals surface area (Å²) in [5.41, 5.74) is 0.849. The van der Waals surface area contributed by atoms with Crippen LogP contribution >= 0.6 is 0 Å². The second-order valence-electron chi connectivity index (χ2n) is 3.31. The van der Waals surface area contributed by atoms with Gasteiger partial charge in [-0.15, -0.1) is 0 Å². The van der Waals surface area contributed by atoms with Gasteiger partial charge >= 0.3 is 11.9 Å². The topological polar surface area (TPSA) is 72.5 Å². The Kier molecular flexibility index (Phi) is 4.39. The van der Waals surface area contributed by atoms with Crippen LogP contribution in [0.5, 0.6) is 0 Å². The van der Waals surface area contributed by atoms with Crippen molar-refractivity contribution in [1.29, 1.82) is 0 Å². The van der Waals surface area contributed by atoms with Gasteiger partial charge in [0.15, 0.2) is 5.78 Å². The van der Waals surface area contributed by atoms with Gasteiger partial charge in [0.2, 0.25) is 0 Å². The van der Waals surface area contributed by atoms with Gasteiger partial charge in [0.1, 0.15) is 0 Å². The number of amides is 1. The van der Waals surface area contributed by atoms with Gasteiger partial charge in [-0.3, -0.25) is 9.59 Å². The molecular weight excluding hydrogens is 222 g/mol. The number of ketones is 1. The molecule has 5 heteroatoms. The zero-order valence-corrected chi connectivity index (χ0v) is 9.65. The van der Waals surface area contributed by atoms with Gasteiger partial charge in [0.25, 0.3) is 0 Å². The summed E-state index contributed by atoms with van der Waals surface area (Å²) in [5, 5.41) is 2.36. The average molecular weight is 235 g/mol. The molecule has 0 bridgehead atoms. The van der Waals surface area contributed by atoms with E-state index in [1.54, 1.807) is 25.1 Å². The Hall–Kier alpha value is -2.17. The van der Waals surface area contributed by atoms with Crippen LogP contribution < -0.4 is 5.32 Å². The summed E-state index contributed by atoms with van der Waals surface area (Å²) in [5.74, 6) is -1.91. The molecule has 0 fully saturated rings. The average Bonchev–Trinajstić information content (AvgIpc) is 2.29. The number of carbonyl (C=O) groups is 3. The minimum absolute atomic E-state index is 0.114. The van der Waals surface area contributed by atoms with Crippen molar-refractivity contribution in [2.24, 2.45) is 0 Å². The molecule has 0 saturated carbocycles. The summed E-state index contributed by atoms with van der Waals surface area (Å²) < 4.78 is 4.54. The number of benzene rings is 1. The van der Waals surface area contributed by atoms with Crippen molar-refractivity contribution >= 4 is 23.3 Å². The third kappa shape index (κ3) is 3.71. The van der Waals surface area contributed by atoms with E-state index in [9.17, 15) is 14.4 Å². The van der Waals surface area contributed by atoms with E-state index in [1.165, 1.54) is 13.0 Å². The number of carbonyl (C=O) groups excluding carboxylic acids is 3. The normalized spacial score (nSPS) is 9.53. The fourth-order valence-electron chi connectivity index (χ4n) is 1.19. The monoisotopic (exact) mass is 235 g/mol. The quantitative estimate of drug-likeness (QED) is 0.488. The molecule has 1 amide bonds. The number of rotatable bonds is 3. The molecule has 0 saturated heterocycles. The van der Waals surface area contributed by atoms with Crippen molar-refractivity contribution in [1.82, 2.24) is 0 Å². The molecule has 0 atom stereocenters. The van der Waals surface area contributed by atoms with E-state index in [0.29, 0.717) is 11.3 Å². The van der Waals surface area contributed by atoms with E-state index in [4.69, 9.17) is 0 Å². The van der Waals surface area contributed by atoms with Crippen LogP contribution in [0, 0.1) is 0 Å². The Bertz CT molecular complexity index is 454. The summed E-state index contributed by atoms with van der Waals surface area (Å²) in [7, 11) is 0. The first-order chi connectivity index (χ1) is 8.04. The maximum atomic E-state index is 11.3. The van der Waals surface area contributed by atoms with Crippen LogP contribution in [0.3, 0.4) is 0 Å². The van der Waals surface area contributed by atoms with Crippen molar-refractivity contribution in [2.45, 2.75) is 13.8 Å². The van der Waals surface area contributed by atoms with Crippen LogP contribution in [0.15, 0.2) is 24.3 Å². The number of hydrogen-bond donors (Lipinski definition) is 1. The maximum absolute atomic E-state index is 11.3. The standard InChI is InChI=1S/C12H13NO4/c1-3-17-12(16)11(15)13-10-6-4-5-9(7-10)8(2)14/h4-7H,3H2,1-2H3,(H,13,15). The van der Waals surface area contributed by atoms with E-state index >= 15 is 0 Å². The van der Waals surface area contributed by atoms with E-state index < -0.39 is 11.9 Å². The molecule has 0 aliphatic rings. The van der Waals surface area contributed by atoms with Gasteiger partial charge in [0.05, 0.1) is 6.61 Å². The zero-order valence-electron chi connectivity index (χ0n) is 9.65. The number of nitrogens with one attached hydrogen (secondary N) is 1. The highest BCUT2D eigenvalue weighted by atomic mass is 16.5. The van der Waals surface area contributed by atoms with Crippen LogP contribution in [0.25, 0.3) is 0 Å². The Morgan fingerprint density at radius 3 is 2.59 bits per heavy atom. The van der Waals surface area contributed by atoms with E-state index in [0.717, 1.165) is 0 Å². The van der Waals surface area contributed by atoms with Crippen LogP contribution in [-0.2, 0) is 14.3 Å². The summed E-state index contributed by atoms with van der Waals surface area (Å²) in [6, 6.07) is 6.34. The van der Waals surface area contributed by atoms with Gasteiger partial charge < -0.3 is 10.1 Å². The third-order valence-corrected chi connectivity index (χ3v) is 1.99. The van der Waals surface area contributed by atoms with Gasteiger partial charge in [-0.1, -0.05) is 12.1 Å². The van der Waals surface area contributed by atoms with Crippen LogP contribution in [-0.4, -0.2) is 24.3 Å². The Morgan fingerprint density at radius 1 is 1.29 bits per heavy atom. The molecule has 0 heterocycles. The molecule has 1 rings (SSSR count). The van der Waals surface area contributed by atoms with Gasteiger partial charge in [0, 0.05) is 11.3 Å². The van der Waals surface area contributed by atoms with E-state index in [2.05, 4.69) is 10.1 Å². The number of hydrogen-bond acceptors (Lipinski definition) is 4. The lowest BCUT2D eigenvalue weighted by Crippen LogP contribution is -2.25. The molecule has 17 heavy (non-hydrogen) atoms. The molecule has 1 aromatic carbocycles. The molecule has 5 nitrogen and oxygen atoms in total. The highest BCUT2D eigenvalue weighted by Crippen LogP contribution is 2.11. The SMILES string of the molecule is CCOC(=O)C(=O)Nc1cccc(C(C)=O)c1. The third-order valence-electron chi connectivity index (χ3n) is 1.99. The van der Waals surface area contributed by atoms with Crippen LogP contribution in [0.1, 0.15) is 24.2 Å². The lowest BCUT2D eigenvalue weighted by atomic mass is 10.1. The summed E-state index contributed by atoms with van der Waals surface area (Å²) in [6.45, 7) is 3.17. The van der Waals surface area contributed by atoms with Crippen LogP contribution in [0.2, 0.25) is 0 Å². The number of ether oxygens (including phenoxy) is 1. The first-order valence-electron chi connectivity index (χ1n) is 5.13. The second-order valence-corrected chi connectivity index (χ2v) is 3.31. The van der Waals surface area contributed by atoms with Crippen LogP contribution in [0.4, 0.5) is 5.69 Å². The van der Waals surface area contributed by atoms with Gasteiger partial charge in [-0.2, -0.15) is 0 Å². The van der Waals surface area contributed by atoms with Crippen molar-refractivity contribution in [3.8, 4) is 0 Å². The molecule has 0 radical (unpaired) electrons. The van der Waals surface area contributed by atoms with Crippen molar-refractivity contribution in [3.05, 3.63) is 29.8 Å². The molecule has 1 N–H and O–H groups in total. The number of Topliss-reactive ketones (excluding diaryl/α,β-unsaturated/α-hetero) is 1. The first-order valence-corrected chi connectivity index (χ1v) is 5.13. The minimum Gasteiger partial charge on any atom is -0.459 e. The lowest BCUT2D eigenvalue weighted by molar-refractivity contribution is -0.152. The fourth-order valence-corrected chi connectivity index (χ4v) is 1.19. The molecule has 0 aliphatic carbocycles.